The van der Waals surface area contributed by atoms with Crippen LogP contribution in [0.25, 0.3) is 0 Å². The lowest BCUT2D eigenvalue weighted by atomic mass is 10.1. The third-order valence-electron chi connectivity index (χ3n) is 3.51. The smallest absolute Gasteiger partial charge is 0.238 e. The van der Waals surface area contributed by atoms with Gasteiger partial charge in [-0.1, -0.05) is 11.6 Å². The molecule has 0 aliphatic carbocycles. The molecule has 2 heterocycles. The first-order chi connectivity index (χ1) is 10.6. The Morgan fingerprint density at radius 1 is 1.50 bits per heavy atom. The standard InChI is InChI=1S/C14H17ClN2O4S/c15-9-3-8(4-12-13(9)21-2-1-20-12)11(18)5-16-14(19)10-6-22-7-17-10/h3-4,10-11,17-18H,1-2,5-7H2,(H,16,19). The average Bonchev–Trinajstić information content (AvgIpc) is 3.06. The normalized spacial score (nSPS) is 21.5. The topological polar surface area (TPSA) is 79.8 Å². The van der Waals surface area contributed by atoms with E-state index in [4.69, 9.17) is 21.1 Å². The van der Waals surface area contributed by atoms with Gasteiger partial charge in [0.2, 0.25) is 5.91 Å². The molecule has 120 valence electrons. The zero-order chi connectivity index (χ0) is 15.5. The third-order valence-corrected chi connectivity index (χ3v) is 4.73. The Balaban J connectivity index is 1.63. The lowest BCUT2D eigenvalue weighted by Gasteiger charge is -2.22. The molecule has 8 heteroatoms. The summed E-state index contributed by atoms with van der Waals surface area (Å²) >= 11 is 7.82. The summed E-state index contributed by atoms with van der Waals surface area (Å²) in [5.41, 5.74) is 0.586. The highest BCUT2D eigenvalue weighted by atomic mass is 35.5. The van der Waals surface area contributed by atoms with Gasteiger partial charge in [-0.05, 0) is 17.7 Å². The summed E-state index contributed by atoms with van der Waals surface area (Å²) in [6.07, 6.45) is -0.855. The number of ether oxygens (including phenoxy) is 2. The molecule has 0 bridgehead atoms. The van der Waals surface area contributed by atoms with E-state index < -0.39 is 6.10 Å². The van der Waals surface area contributed by atoms with Crippen molar-refractivity contribution in [1.29, 1.82) is 0 Å². The van der Waals surface area contributed by atoms with Crippen LogP contribution in [0.3, 0.4) is 0 Å². The monoisotopic (exact) mass is 344 g/mol. The quantitative estimate of drug-likeness (QED) is 0.754. The fourth-order valence-electron chi connectivity index (χ4n) is 2.33. The van der Waals surface area contributed by atoms with Gasteiger partial charge in [-0.3, -0.25) is 10.1 Å². The van der Waals surface area contributed by atoms with Gasteiger partial charge in [-0.2, -0.15) is 0 Å². The van der Waals surface area contributed by atoms with Gasteiger partial charge in [0.25, 0.3) is 0 Å². The maximum Gasteiger partial charge on any atom is 0.238 e. The van der Waals surface area contributed by atoms with Gasteiger partial charge in [-0.25, -0.2) is 0 Å². The summed E-state index contributed by atoms with van der Waals surface area (Å²) in [5.74, 6) is 2.44. The van der Waals surface area contributed by atoms with Crippen LogP contribution in [0.5, 0.6) is 11.5 Å². The Bertz CT molecular complexity index is 566. The summed E-state index contributed by atoms with van der Waals surface area (Å²) < 4.78 is 10.9. The number of fused-ring (bicyclic) bond motifs is 1. The van der Waals surface area contributed by atoms with Crippen molar-refractivity contribution in [3.8, 4) is 11.5 Å². The Morgan fingerprint density at radius 3 is 3.09 bits per heavy atom. The van der Waals surface area contributed by atoms with Crippen molar-refractivity contribution in [3.05, 3.63) is 22.7 Å². The van der Waals surface area contributed by atoms with Crippen LogP contribution < -0.4 is 20.1 Å². The van der Waals surface area contributed by atoms with Crippen LogP contribution in [-0.4, -0.2) is 48.4 Å². The molecule has 0 spiro atoms. The molecule has 22 heavy (non-hydrogen) atoms. The van der Waals surface area contributed by atoms with Crippen LogP contribution >= 0.6 is 23.4 Å². The lowest BCUT2D eigenvalue weighted by Crippen LogP contribution is -2.43. The zero-order valence-electron chi connectivity index (χ0n) is 11.8. The summed E-state index contributed by atoms with van der Waals surface area (Å²) in [7, 11) is 0. The van der Waals surface area contributed by atoms with Crippen molar-refractivity contribution in [2.24, 2.45) is 0 Å². The summed E-state index contributed by atoms with van der Waals surface area (Å²) in [6.45, 7) is 1.03. The minimum absolute atomic E-state index is 0.104. The number of amides is 1. The van der Waals surface area contributed by atoms with Crippen molar-refractivity contribution in [1.82, 2.24) is 10.6 Å². The van der Waals surface area contributed by atoms with E-state index in [1.54, 1.807) is 23.9 Å². The van der Waals surface area contributed by atoms with E-state index in [0.29, 0.717) is 35.3 Å². The van der Waals surface area contributed by atoms with Gasteiger partial charge < -0.3 is 19.9 Å². The highest BCUT2D eigenvalue weighted by Gasteiger charge is 2.24. The van der Waals surface area contributed by atoms with E-state index in [1.807, 2.05) is 0 Å². The first-order valence-corrected chi connectivity index (χ1v) is 8.54. The van der Waals surface area contributed by atoms with Crippen LogP contribution in [0, 0.1) is 0 Å². The van der Waals surface area contributed by atoms with Gasteiger partial charge in [0.15, 0.2) is 11.5 Å². The number of hydrogen-bond donors (Lipinski definition) is 3. The van der Waals surface area contributed by atoms with E-state index in [-0.39, 0.29) is 18.5 Å². The molecule has 6 nitrogen and oxygen atoms in total. The van der Waals surface area contributed by atoms with Crippen LogP contribution in [0.15, 0.2) is 12.1 Å². The van der Waals surface area contributed by atoms with E-state index in [9.17, 15) is 9.90 Å². The number of thioether (sulfide) groups is 1. The summed E-state index contributed by atoms with van der Waals surface area (Å²) in [5, 5.41) is 16.5. The molecule has 2 aliphatic heterocycles. The predicted octanol–water partition coefficient (Wildman–Crippen LogP) is 0.923. The van der Waals surface area contributed by atoms with Crippen molar-refractivity contribution in [2.75, 3.05) is 31.4 Å². The fraction of sp³-hybridized carbons (Fsp3) is 0.500. The highest BCUT2D eigenvalue weighted by molar-refractivity contribution is 7.99. The second-order valence-corrected chi connectivity index (χ2v) is 6.50. The minimum Gasteiger partial charge on any atom is -0.486 e. The van der Waals surface area contributed by atoms with Crippen LogP contribution in [0.1, 0.15) is 11.7 Å². The van der Waals surface area contributed by atoms with Crippen LogP contribution in [-0.2, 0) is 4.79 Å². The minimum atomic E-state index is -0.855. The Morgan fingerprint density at radius 2 is 2.32 bits per heavy atom. The molecule has 3 N–H and O–H groups in total. The lowest BCUT2D eigenvalue weighted by molar-refractivity contribution is -0.122. The van der Waals surface area contributed by atoms with E-state index in [1.165, 1.54) is 0 Å². The van der Waals surface area contributed by atoms with Crippen molar-refractivity contribution in [2.45, 2.75) is 12.1 Å². The van der Waals surface area contributed by atoms with Gasteiger partial charge >= 0.3 is 0 Å². The second-order valence-electron chi connectivity index (χ2n) is 5.06. The fourth-order valence-corrected chi connectivity index (χ4v) is 3.54. The Labute approximate surface area is 137 Å². The van der Waals surface area contributed by atoms with E-state index in [0.717, 1.165) is 11.6 Å². The average molecular weight is 345 g/mol. The largest absolute Gasteiger partial charge is 0.486 e. The number of hydrogen-bond acceptors (Lipinski definition) is 6. The number of halogens is 1. The maximum absolute atomic E-state index is 11.9. The molecule has 2 unspecified atom stereocenters. The molecule has 0 saturated carbocycles. The van der Waals surface area contributed by atoms with Crippen molar-refractivity contribution < 1.29 is 19.4 Å². The highest BCUT2D eigenvalue weighted by Crippen LogP contribution is 2.39. The molecule has 1 amide bonds. The molecular weight excluding hydrogens is 328 g/mol. The number of nitrogens with one attached hydrogen (secondary N) is 2. The van der Waals surface area contributed by atoms with E-state index in [2.05, 4.69) is 10.6 Å². The van der Waals surface area contributed by atoms with Crippen LogP contribution in [0.4, 0.5) is 0 Å². The van der Waals surface area contributed by atoms with Crippen molar-refractivity contribution >= 4 is 29.3 Å². The maximum atomic E-state index is 11.9. The molecule has 1 aromatic rings. The predicted molar refractivity (Wildman–Crippen MR) is 84.7 cm³/mol. The Kier molecular flexibility index (Phi) is 4.97. The molecular formula is C14H17ClN2O4S. The van der Waals surface area contributed by atoms with Gasteiger partial charge in [-0.15, -0.1) is 11.8 Å². The SMILES string of the molecule is O=C(NCC(O)c1cc(Cl)c2c(c1)OCCO2)C1CSCN1. The van der Waals surface area contributed by atoms with Gasteiger partial charge in [0, 0.05) is 18.2 Å². The second kappa shape index (κ2) is 6.95. The number of rotatable bonds is 4. The molecule has 3 rings (SSSR count). The molecule has 1 saturated heterocycles. The molecule has 0 radical (unpaired) electrons. The van der Waals surface area contributed by atoms with Gasteiger partial charge in [0.05, 0.1) is 17.2 Å². The van der Waals surface area contributed by atoms with Gasteiger partial charge in [0.1, 0.15) is 13.2 Å². The first kappa shape index (κ1) is 15.7. The third kappa shape index (κ3) is 3.43. The first-order valence-electron chi connectivity index (χ1n) is 7.01. The van der Waals surface area contributed by atoms with Crippen molar-refractivity contribution in [3.63, 3.8) is 0 Å². The molecule has 2 aliphatic rings. The Hall–Kier alpha value is -1.15. The van der Waals surface area contributed by atoms with Crippen LogP contribution in [0.2, 0.25) is 5.02 Å². The number of carbonyl (C=O) groups excluding carboxylic acids is 1. The number of aliphatic hydroxyl groups is 1. The summed E-state index contributed by atoms with van der Waals surface area (Å²) in [6, 6.07) is 3.14. The van der Waals surface area contributed by atoms with E-state index >= 15 is 0 Å². The number of aliphatic hydroxyl groups excluding tert-OH is 1. The number of benzene rings is 1. The molecule has 0 aromatic heterocycles. The molecule has 2 atom stereocenters. The zero-order valence-corrected chi connectivity index (χ0v) is 13.4. The molecule has 1 fully saturated rings. The number of carbonyl (C=O) groups is 1. The summed E-state index contributed by atoms with van der Waals surface area (Å²) in [4.78, 5) is 11.9. The molecule has 1 aromatic carbocycles.